The van der Waals surface area contributed by atoms with E-state index >= 15 is 0 Å². The fraction of sp³-hybridized carbons (Fsp3) is 0.455. The highest BCUT2D eigenvalue weighted by Crippen LogP contribution is 2.19. The van der Waals surface area contributed by atoms with Gasteiger partial charge in [0.05, 0.1) is 5.69 Å². The monoisotopic (exact) mass is 508 g/mol. The Labute approximate surface area is 190 Å². The highest BCUT2D eigenvalue weighted by molar-refractivity contribution is 14.0. The summed E-state index contributed by atoms with van der Waals surface area (Å²) in [6.45, 7) is 8.02. The SMILES string of the molecule is CCc1nn(C)c(CC)c1CNC(=NC)NCCc1c[nH]c2cc(C)ccc12.I. The number of aromatic amines is 1. The molecule has 0 unspecified atom stereocenters. The smallest absolute Gasteiger partial charge is 0.191 e. The van der Waals surface area contributed by atoms with E-state index in [0.29, 0.717) is 0 Å². The number of aryl methyl sites for hydroxylation is 3. The Morgan fingerprint density at radius 3 is 2.69 bits per heavy atom. The zero-order valence-corrected chi connectivity index (χ0v) is 20.4. The van der Waals surface area contributed by atoms with Crippen molar-refractivity contribution >= 4 is 40.8 Å². The van der Waals surface area contributed by atoms with Gasteiger partial charge in [0.15, 0.2) is 5.96 Å². The van der Waals surface area contributed by atoms with E-state index in [4.69, 9.17) is 0 Å². The molecule has 0 spiro atoms. The lowest BCUT2D eigenvalue weighted by Crippen LogP contribution is -2.38. The standard InChI is InChI=1S/C22H32N6.HI/c1-6-19-18(21(7-2)28(5)27-19)14-26-22(23-4)24-11-10-16-13-25-20-12-15(3)8-9-17(16)20;/h8-9,12-13,25H,6-7,10-11,14H2,1-5H3,(H2,23,24,26);1H. The van der Waals surface area contributed by atoms with Crippen LogP contribution in [0.5, 0.6) is 0 Å². The maximum Gasteiger partial charge on any atom is 0.191 e. The molecule has 0 radical (unpaired) electrons. The largest absolute Gasteiger partial charge is 0.361 e. The van der Waals surface area contributed by atoms with E-state index in [1.807, 2.05) is 18.8 Å². The quantitative estimate of drug-likeness (QED) is 0.258. The Morgan fingerprint density at radius 1 is 1.21 bits per heavy atom. The summed E-state index contributed by atoms with van der Waals surface area (Å²) in [6.07, 6.45) is 4.97. The van der Waals surface area contributed by atoms with E-state index < -0.39 is 0 Å². The molecule has 158 valence electrons. The maximum absolute atomic E-state index is 4.65. The number of H-pyrrole nitrogens is 1. The Hall–Kier alpha value is -2.03. The summed E-state index contributed by atoms with van der Waals surface area (Å²) < 4.78 is 2.00. The van der Waals surface area contributed by atoms with E-state index in [-0.39, 0.29) is 24.0 Å². The molecular weight excluding hydrogens is 475 g/mol. The van der Waals surface area contributed by atoms with E-state index in [1.54, 1.807) is 0 Å². The average molecular weight is 508 g/mol. The molecule has 2 heterocycles. The molecular formula is C22H33IN6. The molecule has 6 nitrogen and oxygen atoms in total. The van der Waals surface area contributed by atoms with Gasteiger partial charge in [0.25, 0.3) is 0 Å². The van der Waals surface area contributed by atoms with Gasteiger partial charge in [0.2, 0.25) is 0 Å². The van der Waals surface area contributed by atoms with Crippen LogP contribution in [0.15, 0.2) is 29.4 Å². The van der Waals surface area contributed by atoms with Crippen LogP contribution in [0.4, 0.5) is 0 Å². The number of fused-ring (bicyclic) bond motifs is 1. The van der Waals surface area contributed by atoms with Crippen molar-refractivity contribution in [2.24, 2.45) is 12.0 Å². The first kappa shape index (κ1) is 23.3. The Balaban J connectivity index is 0.00000300. The van der Waals surface area contributed by atoms with Gasteiger partial charge in [-0.1, -0.05) is 26.0 Å². The van der Waals surface area contributed by atoms with E-state index in [1.165, 1.54) is 33.3 Å². The van der Waals surface area contributed by atoms with Crippen LogP contribution in [0.1, 0.15) is 41.9 Å². The molecule has 7 heteroatoms. The molecule has 0 atom stereocenters. The molecule has 2 aromatic heterocycles. The minimum absolute atomic E-state index is 0. The predicted octanol–water partition coefficient (Wildman–Crippen LogP) is 3.86. The second-order valence-corrected chi connectivity index (χ2v) is 7.17. The van der Waals surface area contributed by atoms with E-state index in [9.17, 15) is 0 Å². The fourth-order valence-electron chi connectivity index (χ4n) is 3.81. The zero-order valence-electron chi connectivity index (χ0n) is 18.1. The molecule has 0 fully saturated rings. The lowest BCUT2D eigenvalue weighted by atomic mass is 10.1. The van der Waals surface area contributed by atoms with Crippen LogP contribution in [-0.4, -0.2) is 34.3 Å². The highest BCUT2D eigenvalue weighted by atomic mass is 127. The first-order chi connectivity index (χ1) is 13.6. The van der Waals surface area contributed by atoms with Gasteiger partial charge in [-0.2, -0.15) is 5.10 Å². The van der Waals surface area contributed by atoms with E-state index in [0.717, 1.165) is 44.0 Å². The molecule has 0 saturated heterocycles. The molecule has 3 aromatic rings. The Bertz CT molecular complexity index is 969. The van der Waals surface area contributed by atoms with Crippen molar-refractivity contribution in [3.05, 3.63) is 52.5 Å². The summed E-state index contributed by atoms with van der Waals surface area (Å²) in [5.41, 5.74) is 7.55. The van der Waals surface area contributed by atoms with Gasteiger partial charge in [-0.15, -0.1) is 24.0 Å². The second kappa shape index (κ2) is 10.7. The topological polar surface area (TPSA) is 70.0 Å². The molecule has 29 heavy (non-hydrogen) atoms. The molecule has 0 amide bonds. The van der Waals surface area contributed by atoms with Crippen molar-refractivity contribution < 1.29 is 0 Å². The minimum Gasteiger partial charge on any atom is -0.361 e. The van der Waals surface area contributed by atoms with Crippen molar-refractivity contribution in [2.45, 2.75) is 46.6 Å². The summed E-state index contributed by atoms with van der Waals surface area (Å²) in [4.78, 5) is 7.75. The minimum atomic E-state index is 0. The number of rotatable bonds is 7. The normalized spacial score (nSPS) is 11.6. The predicted molar refractivity (Wildman–Crippen MR) is 132 cm³/mol. The third-order valence-corrected chi connectivity index (χ3v) is 5.29. The molecule has 3 rings (SSSR count). The van der Waals surface area contributed by atoms with Crippen LogP contribution in [0.3, 0.4) is 0 Å². The number of hydrogen-bond acceptors (Lipinski definition) is 2. The molecule has 0 aliphatic carbocycles. The van der Waals surface area contributed by atoms with E-state index in [2.05, 4.69) is 70.9 Å². The second-order valence-electron chi connectivity index (χ2n) is 7.17. The maximum atomic E-state index is 4.65. The Morgan fingerprint density at radius 2 is 2.00 bits per heavy atom. The lowest BCUT2D eigenvalue weighted by molar-refractivity contribution is 0.702. The van der Waals surface area contributed by atoms with Crippen molar-refractivity contribution in [1.82, 2.24) is 25.4 Å². The number of guanidine groups is 1. The molecule has 0 aliphatic rings. The summed E-state index contributed by atoms with van der Waals surface area (Å²) in [5, 5.41) is 12.8. The van der Waals surface area contributed by atoms with Crippen molar-refractivity contribution in [3.63, 3.8) is 0 Å². The average Bonchev–Trinajstić information content (AvgIpc) is 3.23. The molecule has 0 aliphatic heterocycles. The van der Waals surface area contributed by atoms with Crippen LogP contribution < -0.4 is 10.6 Å². The fourth-order valence-corrected chi connectivity index (χ4v) is 3.81. The van der Waals surface area contributed by atoms with Crippen LogP contribution in [0, 0.1) is 6.92 Å². The van der Waals surface area contributed by atoms with Crippen molar-refractivity contribution in [2.75, 3.05) is 13.6 Å². The lowest BCUT2D eigenvalue weighted by Gasteiger charge is -2.13. The summed E-state index contributed by atoms with van der Waals surface area (Å²) in [7, 11) is 3.84. The Kier molecular flexibility index (Phi) is 8.55. The third-order valence-electron chi connectivity index (χ3n) is 5.29. The number of nitrogens with one attached hydrogen (secondary N) is 3. The number of aromatic nitrogens is 3. The number of hydrogen-bond donors (Lipinski definition) is 3. The molecule has 3 N–H and O–H groups in total. The summed E-state index contributed by atoms with van der Waals surface area (Å²) >= 11 is 0. The van der Waals surface area contributed by atoms with Crippen LogP contribution in [0.25, 0.3) is 10.9 Å². The number of halogens is 1. The number of benzene rings is 1. The van der Waals surface area contributed by atoms with Crippen molar-refractivity contribution in [3.8, 4) is 0 Å². The highest BCUT2D eigenvalue weighted by Gasteiger charge is 2.13. The number of aliphatic imine (C=N–C) groups is 1. The molecule has 1 aromatic carbocycles. The molecule has 0 saturated carbocycles. The van der Waals surface area contributed by atoms with Gasteiger partial charge in [0.1, 0.15) is 0 Å². The van der Waals surface area contributed by atoms with Crippen molar-refractivity contribution in [1.29, 1.82) is 0 Å². The molecule has 0 bridgehead atoms. The third kappa shape index (κ3) is 5.32. The van der Waals surface area contributed by atoms with Crippen LogP contribution in [0.2, 0.25) is 0 Å². The van der Waals surface area contributed by atoms with Gasteiger partial charge in [-0.3, -0.25) is 9.67 Å². The van der Waals surface area contributed by atoms with Crippen LogP contribution in [-0.2, 0) is 32.9 Å². The zero-order chi connectivity index (χ0) is 20.1. The number of nitrogens with zero attached hydrogens (tertiary/aromatic N) is 3. The first-order valence-corrected chi connectivity index (χ1v) is 10.1. The van der Waals surface area contributed by atoms with Gasteiger partial charge < -0.3 is 15.6 Å². The first-order valence-electron chi connectivity index (χ1n) is 10.1. The van der Waals surface area contributed by atoms with Gasteiger partial charge in [-0.05, 0) is 43.4 Å². The summed E-state index contributed by atoms with van der Waals surface area (Å²) in [5.74, 6) is 0.823. The van der Waals surface area contributed by atoms with Crippen LogP contribution >= 0.6 is 24.0 Å². The summed E-state index contributed by atoms with van der Waals surface area (Å²) in [6, 6.07) is 6.56. The van der Waals surface area contributed by atoms with Gasteiger partial charge >= 0.3 is 0 Å². The van der Waals surface area contributed by atoms with Gasteiger partial charge in [-0.25, -0.2) is 0 Å². The van der Waals surface area contributed by atoms with Gasteiger partial charge in [0, 0.05) is 55.5 Å².